The molecule has 1 saturated heterocycles. The van der Waals surface area contributed by atoms with Crippen LogP contribution in [0.3, 0.4) is 0 Å². The van der Waals surface area contributed by atoms with Crippen LogP contribution in [0.4, 0.5) is 4.39 Å². The third kappa shape index (κ3) is 3.83. The molecule has 1 unspecified atom stereocenters. The Bertz CT molecular complexity index is 1090. The van der Waals surface area contributed by atoms with E-state index in [0.717, 1.165) is 18.4 Å². The number of pyridine rings is 1. The number of halogens is 1. The maximum absolute atomic E-state index is 13.6. The van der Waals surface area contributed by atoms with E-state index < -0.39 is 5.97 Å². The molecule has 148 valence electrons. The monoisotopic (exact) mass is 392 g/mol. The van der Waals surface area contributed by atoms with Gasteiger partial charge in [-0.3, -0.25) is 9.78 Å². The molecule has 0 spiro atoms. The van der Waals surface area contributed by atoms with Crippen LogP contribution in [0.1, 0.15) is 50.7 Å². The van der Waals surface area contributed by atoms with Crippen molar-refractivity contribution in [2.24, 2.45) is 0 Å². The van der Waals surface area contributed by atoms with E-state index in [1.165, 1.54) is 12.1 Å². The fourth-order valence-corrected chi connectivity index (χ4v) is 4.01. The van der Waals surface area contributed by atoms with E-state index >= 15 is 0 Å². The van der Waals surface area contributed by atoms with E-state index in [9.17, 15) is 14.0 Å². The molecular weight excluding hydrogens is 371 g/mol. The zero-order valence-corrected chi connectivity index (χ0v) is 16.1. The van der Waals surface area contributed by atoms with Gasteiger partial charge in [-0.15, -0.1) is 0 Å². The number of carbonyl (C=O) groups excluding carboxylic acids is 1. The second kappa shape index (κ2) is 7.62. The van der Waals surface area contributed by atoms with Gasteiger partial charge in [0.2, 0.25) is 0 Å². The van der Waals surface area contributed by atoms with Gasteiger partial charge in [-0.25, -0.2) is 9.18 Å². The highest BCUT2D eigenvalue weighted by Gasteiger charge is 2.27. The molecule has 1 fully saturated rings. The third-order valence-electron chi connectivity index (χ3n) is 5.47. The highest BCUT2D eigenvalue weighted by molar-refractivity contribution is 6.06. The Morgan fingerprint density at radius 1 is 1.14 bits per heavy atom. The van der Waals surface area contributed by atoms with E-state index in [4.69, 9.17) is 5.11 Å². The number of likely N-dealkylation sites (tertiary alicyclic amines) is 1. The van der Waals surface area contributed by atoms with Crippen LogP contribution in [0.25, 0.3) is 10.9 Å². The lowest BCUT2D eigenvalue weighted by Crippen LogP contribution is -2.39. The average Bonchev–Trinajstić information content (AvgIpc) is 2.72. The van der Waals surface area contributed by atoms with Crippen LogP contribution in [0.2, 0.25) is 0 Å². The highest BCUT2D eigenvalue weighted by atomic mass is 19.1. The van der Waals surface area contributed by atoms with Crippen molar-refractivity contribution in [3.8, 4) is 0 Å². The minimum atomic E-state index is -0.951. The molecule has 1 N–H and O–H groups in total. The van der Waals surface area contributed by atoms with Crippen molar-refractivity contribution >= 4 is 22.8 Å². The second-order valence-corrected chi connectivity index (χ2v) is 7.49. The van der Waals surface area contributed by atoms with Crippen molar-refractivity contribution in [1.29, 1.82) is 0 Å². The van der Waals surface area contributed by atoms with E-state index in [2.05, 4.69) is 4.98 Å². The molecule has 0 saturated carbocycles. The van der Waals surface area contributed by atoms with Crippen molar-refractivity contribution < 1.29 is 19.1 Å². The molecule has 1 amide bonds. The molecule has 1 aliphatic heterocycles. The van der Waals surface area contributed by atoms with Gasteiger partial charge >= 0.3 is 5.97 Å². The largest absolute Gasteiger partial charge is 0.478 e. The summed E-state index contributed by atoms with van der Waals surface area (Å²) in [4.78, 5) is 30.5. The SMILES string of the molecule is Cc1cc(C(=O)N2CCCC(c3ccc(C(=O)O)cc3)C2)c2ccc(F)cc2n1. The summed E-state index contributed by atoms with van der Waals surface area (Å²) in [6.07, 6.45) is 1.81. The lowest BCUT2D eigenvalue weighted by atomic mass is 9.89. The van der Waals surface area contributed by atoms with Gasteiger partial charge in [-0.2, -0.15) is 0 Å². The van der Waals surface area contributed by atoms with Crippen molar-refractivity contribution in [1.82, 2.24) is 9.88 Å². The summed E-state index contributed by atoms with van der Waals surface area (Å²) in [6.45, 7) is 3.02. The van der Waals surface area contributed by atoms with Gasteiger partial charge in [0, 0.05) is 36.2 Å². The average molecular weight is 392 g/mol. The zero-order valence-electron chi connectivity index (χ0n) is 16.1. The van der Waals surface area contributed by atoms with Crippen molar-refractivity contribution in [3.05, 3.63) is 76.7 Å². The Morgan fingerprint density at radius 2 is 1.90 bits per heavy atom. The number of hydrogen-bond donors (Lipinski definition) is 1. The number of aromatic nitrogens is 1. The lowest BCUT2D eigenvalue weighted by Gasteiger charge is -2.33. The maximum Gasteiger partial charge on any atom is 0.335 e. The summed E-state index contributed by atoms with van der Waals surface area (Å²) in [7, 11) is 0. The molecule has 2 heterocycles. The molecule has 2 aromatic carbocycles. The van der Waals surface area contributed by atoms with Gasteiger partial charge in [0.1, 0.15) is 5.82 Å². The Morgan fingerprint density at radius 3 is 2.62 bits per heavy atom. The van der Waals surface area contributed by atoms with Gasteiger partial charge < -0.3 is 10.0 Å². The Kier molecular flexibility index (Phi) is 5.01. The number of hydrogen-bond acceptors (Lipinski definition) is 3. The van der Waals surface area contributed by atoms with Crippen LogP contribution >= 0.6 is 0 Å². The van der Waals surface area contributed by atoms with Crippen molar-refractivity contribution in [2.45, 2.75) is 25.7 Å². The highest BCUT2D eigenvalue weighted by Crippen LogP contribution is 2.29. The summed E-state index contributed by atoms with van der Waals surface area (Å²) in [5.41, 5.74) is 2.97. The zero-order chi connectivity index (χ0) is 20.5. The number of benzene rings is 2. The van der Waals surface area contributed by atoms with Crippen LogP contribution < -0.4 is 0 Å². The maximum atomic E-state index is 13.6. The summed E-state index contributed by atoms with van der Waals surface area (Å²) >= 11 is 0. The molecule has 5 nitrogen and oxygen atoms in total. The molecule has 1 aliphatic rings. The smallest absolute Gasteiger partial charge is 0.335 e. The first kappa shape index (κ1) is 19.1. The minimum absolute atomic E-state index is 0.0843. The first-order valence-electron chi connectivity index (χ1n) is 9.62. The van der Waals surface area contributed by atoms with Gasteiger partial charge in [0.05, 0.1) is 16.6 Å². The Balaban J connectivity index is 1.61. The first-order valence-corrected chi connectivity index (χ1v) is 9.62. The Labute approximate surface area is 167 Å². The molecule has 4 rings (SSSR count). The number of rotatable bonds is 3. The number of aryl methyl sites for hydroxylation is 1. The molecule has 6 heteroatoms. The molecular formula is C23H21FN2O3. The normalized spacial score (nSPS) is 16.8. The topological polar surface area (TPSA) is 70.5 Å². The van der Waals surface area contributed by atoms with Crippen molar-refractivity contribution in [2.75, 3.05) is 13.1 Å². The number of piperidine rings is 1. The van der Waals surface area contributed by atoms with E-state index in [1.54, 1.807) is 31.2 Å². The number of nitrogens with zero attached hydrogens (tertiary/aromatic N) is 2. The Hall–Kier alpha value is -3.28. The number of fused-ring (bicyclic) bond motifs is 1. The van der Waals surface area contributed by atoms with Crippen LogP contribution in [-0.2, 0) is 0 Å². The van der Waals surface area contributed by atoms with Gasteiger partial charge in [0.15, 0.2) is 0 Å². The van der Waals surface area contributed by atoms with E-state index in [-0.39, 0.29) is 23.2 Å². The van der Waals surface area contributed by atoms with Crippen LogP contribution in [-0.4, -0.2) is 40.0 Å². The van der Waals surface area contributed by atoms with Gasteiger partial charge in [-0.1, -0.05) is 12.1 Å². The van der Waals surface area contributed by atoms with Crippen LogP contribution in [0, 0.1) is 12.7 Å². The summed E-state index contributed by atoms with van der Waals surface area (Å²) in [6, 6.07) is 12.9. The summed E-state index contributed by atoms with van der Waals surface area (Å²) in [5, 5.41) is 9.72. The quantitative estimate of drug-likeness (QED) is 0.717. The minimum Gasteiger partial charge on any atom is -0.478 e. The molecule has 0 aliphatic carbocycles. The fourth-order valence-electron chi connectivity index (χ4n) is 4.01. The van der Waals surface area contributed by atoms with E-state index in [0.29, 0.717) is 35.2 Å². The number of aromatic carboxylic acids is 1. The third-order valence-corrected chi connectivity index (χ3v) is 5.47. The van der Waals surface area contributed by atoms with Crippen molar-refractivity contribution in [3.63, 3.8) is 0 Å². The molecule has 0 radical (unpaired) electrons. The number of amides is 1. The van der Waals surface area contributed by atoms with Gasteiger partial charge in [0.25, 0.3) is 5.91 Å². The standard InChI is InChI=1S/C23H21FN2O3/c1-14-11-20(19-9-8-18(24)12-21(19)25-14)22(27)26-10-2-3-17(13-26)15-4-6-16(7-5-15)23(28)29/h4-9,11-12,17H,2-3,10,13H2,1H3,(H,28,29). The molecule has 1 aromatic heterocycles. The number of carboxylic acids is 1. The predicted octanol–water partition coefficient (Wildman–Crippen LogP) is 4.40. The molecule has 0 bridgehead atoms. The number of carboxylic acid groups (broad SMARTS) is 1. The predicted molar refractivity (Wildman–Crippen MR) is 108 cm³/mol. The van der Waals surface area contributed by atoms with Gasteiger partial charge in [-0.05, 0) is 55.7 Å². The summed E-state index contributed by atoms with van der Waals surface area (Å²) < 4.78 is 13.6. The van der Waals surface area contributed by atoms with Crippen LogP contribution in [0.15, 0.2) is 48.5 Å². The first-order chi connectivity index (χ1) is 13.9. The van der Waals surface area contributed by atoms with Crippen LogP contribution in [0.5, 0.6) is 0 Å². The molecule has 3 aromatic rings. The summed E-state index contributed by atoms with van der Waals surface area (Å²) in [5.74, 6) is -1.26. The fraction of sp³-hybridized carbons (Fsp3) is 0.261. The molecule has 29 heavy (non-hydrogen) atoms. The second-order valence-electron chi connectivity index (χ2n) is 7.49. The number of carbonyl (C=O) groups is 2. The molecule has 1 atom stereocenters. The lowest BCUT2D eigenvalue weighted by molar-refractivity contribution is 0.0694. The van der Waals surface area contributed by atoms with E-state index in [1.807, 2.05) is 17.0 Å².